The van der Waals surface area contributed by atoms with Crippen LogP contribution >= 0.6 is 0 Å². The van der Waals surface area contributed by atoms with Gasteiger partial charge in [-0.05, 0) is 43.5 Å². The maximum absolute atomic E-state index is 12.9. The molecule has 0 bridgehead atoms. The molecule has 12 heteroatoms. The van der Waals surface area contributed by atoms with Gasteiger partial charge in [-0.2, -0.15) is 4.31 Å². The summed E-state index contributed by atoms with van der Waals surface area (Å²) in [6.45, 7) is 1.41. The molecule has 1 aromatic carbocycles. The van der Waals surface area contributed by atoms with E-state index in [1.165, 1.54) is 26.1 Å². The van der Waals surface area contributed by atoms with Crippen molar-refractivity contribution in [2.45, 2.75) is 44.3 Å². The van der Waals surface area contributed by atoms with Crippen LogP contribution in [0.25, 0.3) is 0 Å². The third-order valence-corrected chi connectivity index (χ3v) is 7.53. The lowest BCUT2D eigenvalue weighted by Crippen LogP contribution is -2.53. The van der Waals surface area contributed by atoms with Gasteiger partial charge in [0.1, 0.15) is 5.69 Å². The van der Waals surface area contributed by atoms with Crippen molar-refractivity contribution in [1.82, 2.24) is 19.7 Å². The summed E-state index contributed by atoms with van der Waals surface area (Å²) in [7, 11) is -2.92. The van der Waals surface area contributed by atoms with Crippen LogP contribution in [-0.2, 0) is 27.8 Å². The molecule has 1 aromatic heterocycles. The Kier molecular flexibility index (Phi) is 10.3. The minimum atomic E-state index is -4.00. The molecule has 0 unspecified atom stereocenters. The van der Waals surface area contributed by atoms with Crippen LogP contribution in [0.5, 0.6) is 0 Å². The lowest BCUT2D eigenvalue weighted by molar-refractivity contribution is -0.159. The Hall–Kier alpha value is -2.90. The molecule has 2 amide bonds. The first-order valence-electron chi connectivity index (χ1n) is 11.0. The third-order valence-electron chi connectivity index (χ3n) is 5.34. The molecule has 2 rings (SSSR count). The van der Waals surface area contributed by atoms with Gasteiger partial charge in [0, 0.05) is 19.8 Å². The molecule has 0 saturated carbocycles. The predicted molar refractivity (Wildman–Crippen MR) is 128 cm³/mol. The summed E-state index contributed by atoms with van der Waals surface area (Å²) in [4.78, 5) is 29.0. The summed E-state index contributed by atoms with van der Waals surface area (Å²) in [6.07, 6.45) is 0.124. The highest BCUT2D eigenvalue weighted by Crippen LogP contribution is 2.14. The average Bonchev–Trinajstić information content (AvgIpc) is 2.83. The lowest BCUT2D eigenvalue weighted by Gasteiger charge is -2.30. The molecule has 0 spiro atoms. The van der Waals surface area contributed by atoms with Crippen molar-refractivity contribution in [3.63, 3.8) is 0 Å². The maximum Gasteiger partial charge on any atom is 0.270 e. The van der Waals surface area contributed by atoms with Crippen LogP contribution in [0.4, 0.5) is 0 Å². The number of nitrogens with zero attached hydrogens (tertiary/aromatic N) is 3. The Balaban J connectivity index is 2.33. The second-order valence-corrected chi connectivity index (χ2v) is 10.8. The monoisotopic (exact) mass is 508 g/mol. The van der Waals surface area contributed by atoms with E-state index in [-0.39, 0.29) is 23.8 Å². The van der Waals surface area contributed by atoms with Gasteiger partial charge in [-0.15, -0.1) is 0 Å². The van der Waals surface area contributed by atoms with E-state index in [1.807, 2.05) is 6.07 Å². The number of likely N-dealkylation sites (N-methyl/N-ethyl adjacent to an activating group) is 1. The van der Waals surface area contributed by atoms with Crippen molar-refractivity contribution in [2.24, 2.45) is 0 Å². The van der Waals surface area contributed by atoms with Crippen LogP contribution in [-0.4, -0.2) is 87.5 Å². The molecule has 2 aromatic rings. The molecule has 1 heterocycles. The lowest BCUT2D eigenvalue weighted by atomic mass is 10.0. The number of sulfonamides is 1. The van der Waals surface area contributed by atoms with Gasteiger partial charge in [-0.25, -0.2) is 13.5 Å². The van der Waals surface area contributed by atoms with Crippen LogP contribution in [0.2, 0.25) is 0 Å². The zero-order valence-electron chi connectivity index (χ0n) is 19.9. The number of rotatable bonds is 12. The molecule has 0 aliphatic heterocycles. The topological polar surface area (TPSA) is 160 Å². The maximum atomic E-state index is 12.9. The summed E-state index contributed by atoms with van der Waals surface area (Å²) in [5.41, 5.74) is 1.27. The highest BCUT2D eigenvalue weighted by atomic mass is 32.2. The van der Waals surface area contributed by atoms with Gasteiger partial charge in [0.25, 0.3) is 11.8 Å². The predicted octanol–water partition coefficient (Wildman–Crippen LogP) is 0.164. The first-order chi connectivity index (χ1) is 16.4. The van der Waals surface area contributed by atoms with Crippen molar-refractivity contribution in [1.29, 1.82) is 0 Å². The number of aliphatic hydroxyl groups is 2. The van der Waals surface area contributed by atoms with Crippen molar-refractivity contribution in [3.05, 3.63) is 65.5 Å². The molecule has 11 nitrogen and oxygen atoms in total. The number of amides is 2. The number of hydrogen-bond donors (Lipinski definition) is 4. The first kappa shape index (κ1) is 28.3. The molecule has 35 heavy (non-hydrogen) atoms. The highest BCUT2D eigenvalue weighted by Gasteiger charge is 2.33. The first-order valence-corrected chi connectivity index (χ1v) is 12.5. The van der Waals surface area contributed by atoms with Gasteiger partial charge in [0.05, 0.1) is 30.5 Å². The number of aromatic nitrogens is 1. The number of pyridine rings is 1. The number of carbonyl (C=O) groups is 2. The molecule has 0 aliphatic carbocycles. The molecular formula is C23H32N4O7S. The van der Waals surface area contributed by atoms with E-state index in [9.17, 15) is 33.4 Å². The van der Waals surface area contributed by atoms with Crippen LogP contribution in [0.1, 0.15) is 35.5 Å². The summed E-state index contributed by atoms with van der Waals surface area (Å²) in [5.74, 6) is -1.50. The summed E-state index contributed by atoms with van der Waals surface area (Å²) in [6, 6.07) is 11.0. The quantitative estimate of drug-likeness (QED) is 0.233. The van der Waals surface area contributed by atoms with E-state index in [2.05, 4.69) is 10.3 Å². The smallest absolute Gasteiger partial charge is 0.270 e. The summed E-state index contributed by atoms with van der Waals surface area (Å²) in [5, 5.41) is 31.9. The Morgan fingerprint density at radius 3 is 2.34 bits per heavy atom. The molecule has 0 aliphatic rings. The number of benzene rings is 1. The molecule has 0 saturated heterocycles. The Labute approximate surface area is 205 Å². The molecule has 0 fully saturated rings. The number of nitrogens with one attached hydrogen (secondary N) is 1. The van der Waals surface area contributed by atoms with E-state index >= 15 is 0 Å². The van der Waals surface area contributed by atoms with Crippen molar-refractivity contribution in [3.8, 4) is 0 Å². The van der Waals surface area contributed by atoms with E-state index in [1.54, 1.807) is 30.3 Å². The minimum Gasteiger partial charge on any atom is -0.392 e. The second kappa shape index (κ2) is 12.7. The van der Waals surface area contributed by atoms with E-state index < -0.39 is 52.3 Å². The normalized spacial score (nSPS) is 13.5. The Morgan fingerprint density at radius 2 is 1.77 bits per heavy atom. The zero-order chi connectivity index (χ0) is 26.2. The molecule has 4 N–H and O–H groups in total. The van der Waals surface area contributed by atoms with Gasteiger partial charge in [0.15, 0.2) is 0 Å². The van der Waals surface area contributed by atoms with Crippen LogP contribution in [0.3, 0.4) is 0 Å². The van der Waals surface area contributed by atoms with Gasteiger partial charge in [0.2, 0.25) is 10.0 Å². The summed E-state index contributed by atoms with van der Waals surface area (Å²) < 4.78 is 26.5. The van der Waals surface area contributed by atoms with Crippen molar-refractivity contribution >= 4 is 21.8 Å². The fourth-order valence-electron chi connectivity index (χ4n) is 3.24. The number of hydroxylamine groups is 2. The third kappa shape index (κ3) is 8.08. The number of hydrogen-bond acceptors (Lipinski definition) is 8. The summed E-state index contributed by atoms with van der Waals surface area (Å²) >= 11 is 0. The van der Waals surface area contributed by atoms with Crippen LogP contribution < -0.4 is 5.32 Å². The fraction of sp³-hybridized carbons (Fsp3) is 0.435. The van der Waals surface area contributed by atoms with Crippen molar-refractivity contribution < 1.29 is 33.4 Å². The Morgan fingerprint density at radius 1 is 1.11 bits per heavy atom. The van der Waals surface area contributed by atoms with Gasteiger partial charge in [-0.1, -0.05) is 30.3 Å². The standard InChI is InChI=1S/C23H32N4O7S/c1-16(2)35(33,34)27(14-22(30)26(3)32)13-21(29)19(11-17-7-5-4-6-8-17)25-23(31)20-12-18(15-28)9-10-24-20/h4-10,12,16,19,21,28-29,32H,11,13-15H2,1-3H3,(H,25,31)/t19-,21+/m0/s1. The highest BCUT2D eigenvalue weighted by molar-refractivity contribution is 7.89. The molecular weight excluding hydrogens is 476 g/mol. The number of carbonyl (C=O) groups excluding carboxylic acids is 2. The van der Waals surface area contributed by atoms with E-state index in [0.29, 0.717) is 5.56 Å². The van der Waals surface area contributed by atoms with E-state index in [0.717, 1.165) is 16.9 Å². The van der Waals surface area contributed by atoms with Crippen LogP contribution in [0, 0.1) is 0 Å². The fourth-order valence-corrected chi connectivity index (χ4v) is 4.48. The zero-order valence-corrected chi connectivity index (χ0v) is 20.7. The minimum absolute atomic E-state index is 0.0190. The largest absolute Gasteiger partial charge is 0.392 e. The SMILES string of the molecule is CC(C)S(=O)(=O)N(CC(=O)N(C)O)C[C@@H](O)[C@H](Cc1ccccc1)NC(=O)c1cc(CO)ccn1. The molecule has 2 atom stereocenters. The van der Waals surface area contributed by atoms with Crippen molar-refractivity contribution in [2.75, 3.05) is 20.1 Å². The molecule has 0 radical (unpaired) electrons. The molecule has 192 valence electrons. The number of aliphatic hydroxyl groups excluding tert-OH is 2. The van der Waals surface area contributed by atoms with E-state index in [4.69, 9.17) is 0 Å². The Bertz CT molecular complexity index is 1090. The van der Waals surface area contributed by atoms with Gasteiger partial charge < -0.3 is 15.5 Å². The van der Waals surface area contributed by atoms with Gasteiger partial charge in [-0.3, -0.25) is 19.8 Å². The van der Waals surface area contributed by atoms with Crippen LogP contribution in [0.15, 0.2) is 48.7 Å². The average molecular weight is 509 g/mol. The van der Waals surface area contributed by atoms with Gasteiger partial charge >= 0.3 is 0 Å². The second-order valence-electron chi connectivity index (χ2n) is 8.35.